The Morgan fingerprint density at radius 3 is 2.30 bits per heavy atom. The molecule has 0 bridgehead atoms. The number of carbonyl (C=O) groups is 2. The molecule has 0 amide bonds. The minimum absolute atomic E-state index is 0.201. The van der Waals surface area contributed by atoms with Crippen molar-refractivity contribution < 1.29 is 19.4 Å². The van der Waals surface area contributed by atoms with Gasteiger partial charge in [-0.25, -0.2) is 0 Å². The van der Waals surface area contributed by atoms with Crippen LogP contribution in [0, 0.1) is 10.8 Å². The lowest BCUT2D eigenvalue weighted by atomic mass is 9.54. The standard InChI is InChI=1S/C16H26O4/c1-3-15(9-5-4-6-10-15)16(14(18)19)11-7-8-13(16)20-12(2)17/h13H,3-11H2,1-2H3,(H,18,19). The van der Waals surface area contributed by atoms with E-state index in [1.807, 2.05) is 0 Å². The predicted octanol–water partition coefficient (Wildman–Crippen LogP) is 3.53. The van der Waals surface area contributed by atoms with E-state index in [-0.39, 0.29) is 11.4 Å². The highest BCUT2D eigenvalue weighted by atomic mass is 16.5. The van der Waals surface area contributed by atoms with Gasteiger partial charge in [-0.2, -0.15) is 0 Å². The van der Waals surface area contributed by atoms with Gasteiger partial charge < -0.3 is 9.84 Å². The first-order valence-electron chi connectivity index (χ1n) is 7.89. The van der Waals surface area contributed by atoms with Crippen LogP contribution in [0.3, 0.4) is 0 Å². The zero-order valence-corrected chi connectivity index (χ0v) is 12.6. The van der Waals surface area contributed by atoms with E-state index in [2.05, 4.69) is 6.92 Å². The molecule has 4 heteroatoms. The van der Waals surface area contributed by atoms with Gasteiger partial charge in [0.2, 0.25) is 0 Å². The Kier molecular flexibility index (Phi) is 4.40. The predicted molar refractivity (Wildman–Crippen MR) is 75.3 cm³/mol. The van der Waals surface area contributed by atoms with Crippen LogP contribution in [0.2, 0.25) is 0 Å². The third-order valence-electron chi connectivity index (χ3n) is 5.71. The zero-order chi connectivity index (χ0) is 14.8. The summed E-state index contributed by atoms with van der Waals surface area (Å²) in [6.45, 7) is 3.48. The molecule has 0 aromatic carbocycles. The maximum atomic E-state index is 12.2. The normalized spacial score (nSPS) is 32.8. The molecule has 114 valence electrons. The third-order valence-corrected chi connectivity index (χ3v) is 5.71. The average Bonchev–Trinajstić information content (AvgIpc) is 2.83. The highest BCUT2D eigenvalue weighted by Crippen LogP contribution is 2.60. The molecule has 0 radical (unpaired) electrons. The van der Waals surface area contributed by atoms with Gasteiger partial charge in [-0.15, -0.1) is 0 Å². The van der Waals surface area contributed by atoms with Gasteiger partial charge >= 0.3 is 11.9 Å². The Labute approximate surface area is 120 Å². The van der Waals surface area contributed by atoms with Crippen LogP contribution in [0.15, 0.2) is 0 Å². The summed E-state index contributed by atoms with van der Waals surface area (Å²) in [4.78, 5) is 23.6. The van der Waals surface area contributed by atoms with Crippen LogP contribution in [0.5, 0.6) is 0 Å². The summed E-state index contributed by atoms with van der Waals surface area (Å²) in [7, 11) is 0. The van der Waals surface area contributed by atoms with Gasteiger partial charge in [-0.3, -0.25) is 9.59 Å². The van der Waals surface area contributed by atoms with Gasteiger partial charge in [0.1, 0.15) is 11.5 Å². The van der Waals surface area contributed by atoms with Crippen molar-refractivity contribution in [3.63, 3.8) is 0 Å². The molecule has 0 aromatic rings. The highest BCUT2D eigenvalue weighted by Gasteiger charge is 2.63. The highest BCUT2D eigenvalue weighted by molar-refractivity contribution is 5.78. The van der Waals surface area contributed by atoms with Crippen LogP contribution in [-0.2, 0) is 14.3 Å². The largest absolute Gasteiger partial charge is 0.481 e. The monoisotopic (exact) mass is 282 g/mol. The van der Waals surface area contributed by atoms with Gasteiger partial charge in [0.05, 0.1) is 0 Å². The Morgan fingerprint density at radius 2 is 1.80 bits per heavy atom. The van der Waals surface area contributed by atoms with E-state index in [9.17, 15) is 14.7 Å². The van der Waals surface area contributed by atoms with Crippen molar-refractivity contribution in [2.24, 2.45) is 10.8 Å². The number of carboxylic acid groups (broad SMARTS) is 1. The third kappa shape index (κ3) is 2.23. The summed E-state index contributed by atoms with van der Waals surface area (Å²) in [6, 6.07) is 0. The molecule has 4 nitrogen and oxygen atoms in total. The molecule has 2 aliphatic rings. The second-order valence-corrected chi connectivity index (χ2v) is 6.46. The molecular weight excluding hydrogens is 256 g/mol. The van der Waals surface area contributed by atoms with Crippen LogP contribution < -0.4 is 0 Å². The van der Waals surface area contributed by atoms with Crippen molar-refractivity contribution in [3.8, 4) is 0 Å². The van der Waals surface area contributed by atoms with E-state index >= 15 is 0 Å². The summed E-state index contributed by atoms with van der Waals surface area (Å²) in [5.74, 6) is -1.12. The number of rotatable bonds is 4. The van der Waals surface area contributed by atoms with E-state index in [1.165, 1.54) is 13.3 Å². The van der Waals surface area contributed by atoms with Gasteiger partial charge in [-0.1, -0.05) is 26.2 Å². The second kappa shape index (κ2) is 5.74. The molecule has 20 heavy (non-hydrogen) atoms. The molecule has 2 saturated carbocycles. The van der Waals surface area contributed by atoms with Crippen molar-refractivity contribution in [1.82, 2.24) is 0 Å². The van der Waals surface area contributed by atoms with E-state index in [0.717, 1.165) is 38.5 Å². The van der Waals surface area contributed by atoms with Crippen molar-refractivity contribution >= 4 is 11.9 Å². The van der Waals surface area contributed by atoms with Gasteiger partial charge in [0, 0.05) is 6.92 Å². The molecule has 0 aromatic heterocycles. The lowest BCUT2D eigenvalue weighted by Gasteiger charge is -2.50. The Morgan fingerprint density at radius 1 is 1.15 bits per heavy atom. The maximum absolute atomic E-state index is 12.2. The van der Waals surface area contributed by atoms with Crippen LogP contribution in [0.4, 0.5) is 0 Å². The quantitative estimate of drug-likeness (QED) is 0.801. The van der Waals surface area contributed by atoms with Crippen molar-refractivity contribution in [2.45, 2.75) is 77.7 Å². The molecule has 0 aliphatic heterocycles. The first-order chi connectivity index (χ1) is 9.48. The van der Waals surface area contributed by atoms with Crippen molar-refractivity contribution in [2.75, 3.05) is 0 Å². The molecular formula is C16H26O4. The fourth-order valence-electron chi connectivity index (χ4n) is 4.76. The molecule has 2 rings (SSSR count). The topological polar surface area (TPSA) is 63.6 Å². The van der Waals surface area contributed by atoms with Crippen LogP contribution in [0.1, 0.15) is 71.6 Å². The molecule has 2 aliphatic carbocycles. The summed E-state index contributed by atoms with van der Waals surface area (Å²) >= 11 is 0. The number of carboxylic acids is 1. The first-order valence-corrected chi connectivity index (χ1v) is 7.89. The SMILES string of the molecule is CCC1(C2(C(=O)O)CCCC2OC(C)=O)CCCCC1. The Bertz CT molecular complexity index is 384. The van der Waals surface area contributed by atoms with E-state index in [1.54, 1.807) is 0 Å². The number of ether oxygens (including phenoxy) is 1. The lowest BCUT2D eigenvalue weighted by molar-refractivity contribution is -0.182. The average molecular weight is 282 g/mol. The first kappa shape index (κ1) is 15.3. The number of esters is 1. The van der Waals surface area contributed by atoms with E-state index in [4.69, 9.17) is 4.74 Å². The summed E-state index contributed by atoms with van der Waals surface area (Å²) in [5, 5.41) is 10.0. The molecule has 2 atom stereocenters. The van der Waals surface area contributed by atoms with Crippen molar-refractivity contribution in [1.29, 1.82) is 0 Å². The van der Waals surface area contributed by atoms with E-state index in [0.29, 0.717) is 12.8 Å². The Hall–Kier alpha value is -1.06. The van der Waals surface area contributed by atoms with Crippen molar-refractivity contribution in [3.05, 3.63) is 0 Å². The fourth-order valence-corrected chi connectivity index (χ4v) is 4.76. The fraction of sp³-hybridized carbons (Fsp3) is 0.875. The number of hydrogen-bond acceptors (Lipinski definition) is 3. The minimum Gasteiger partial charge on any atom is -0.481 e. The van der Waals surface area contributed by atoms with Gasteiger partial charge in [0.25, 0.3) is 0 Å². The molecule has 1 N–H and O–H groups in total. The van der Waals surface area contributed by atoms with Crippen LogP contribution >= 0.6 is 0 Å². The smallest absolute Gasteiger partial charge is 0.313 e. The molecule has 0 spiro atoms. The molecule has 0 saturated heterocycles. The van der Waals surface area contributed by atoms with Gasteiger partial charge in [-0.05, 0) is 43.9 Å². The number of carbonyl (C=O) groups excluding carboxylic acids is 1. The maximum Gasteiger partial charge on any atom is 0.313 e. The van der Waals surface area contributed by atoms with Crippen LogP contribution in [0.25, 0.3) is 0 Å². The summed E-state index contributed by atoms with van der Waals surface area (Å²) in [6.07, 6.45) is 7.86. The Balaban J connectivity index is 2.41. The zero-order valence-electron chi connectivity index (χ0n) is 12.6. The second-order valence-electron chi connectivity index (χ2n) is 6.46. The summed E-state index contributed by atoms with van der Waals surface area (Å²) < 4.78 is 5.45. The minimum atomic E-state index is -0.867. The van der Waals surface area contributed by atoms with Crippen LogP contribution in [-0.4, -0.2) is 23.1 Å². The number of hydrogen-bond donors (Lipinski definition) is 1. The molecule has 2 unspecified atom stereocenters. The lowest BCUT2D eigenvalue weighted by Crippen LogP contribution is -2.54. The molecule has 0 heterocycles. The number of aliphatic carboxylic acids is 1. The summed E-state index contributed by atoms with van der Waals surface area (Å²) in [5.41, 5.74) is -1.07. The molecule has 2 fully saturated rings. The van der Waals surface area contributed by atoms with Gasteiger partial charge in [0.15, 0.2) is 0 Å². The van der Waals surface area contributed by atoms with E-state index < -0.39 is 17.5 Å².